The van der Waals surface area contributed by atoms with E-state index in [9.17, 15) is 19.2 Å². The van der Waals surface area contributed by atoms with Crippen molar-refractivity contribution in [3.8, 4) is 11.1 Å². The number of benzene rings is 3. The van der Waals surface area contributed by atoms with Crippen molar-refractivity contribution in [2.24, 2.45) is 0 Å². The zero-order valence-corrected chi connectivity index (χ0v) is 36.5. The number of anilines is 1. The molecule has 0 bridgehead atoms. The van der Waals surface area contributed by atoms with E-state index in [2.05, 4.69) is 20.3 Å². The first-order valence-electron chi connectivity index (χ1n) is 22.5. The molecule has 1 unspecified atom stereocenters. The van der Waals surface area contributed by atoms with Crippen LogP contribution in [0.15, 0.2) is 67.0 Å². The van der Waals surface area contributed by atoms with E-state index >= 15 is 17.6 Å². The van der Waals surface area contributed by atoms with Gasteiger partial charge in [0.15, 0.2) is 5.82 Å². The number of hydrogen-bond acceptors (Lipinski definition) is 7. The predicted octanol–water partition coefficient (Wildman–Crippen LogP) is 7.36. The zero-order chi connectivity index (χ0) is 45.5. The molecule has 0 spiro atoms. The lowest BCUT2D eigenvalue weighted by atomic mass is 9.85. The first-order valence-corrected chi connectivity index (χ1v) is 22.5. The maximum Gasteiger partial charge on any atom is 0.269 e. The molecule has 6 heterocycles. The molecule has 4 aliphatic rings. The Labute approximate surface area is 374 Å². The monoisotopic (exact) mass is 892 g/mol. The van der Waals surface area contributed by atoms with Crippen LogP contribution in [-0.2, 0) is 20.9 Å². The van der Waals surface area contributed by atoms with Gasteiger partial charge in [-0.1, -0.05) is 18.2 Å². The first kappa shape index (κ1) is 43.9. The van der Waals surface area contributed by atoms with Crippen molar-refractivity contribution in [2.75, 3.05) is 58.3 Å². The van der Waals surface area contributed by atoms with Crippen molar-refractivity contribution in [1.82, 2.24) is 34.8 Å². The number of fused-ring (bicyclic) bond motifs is 1. The summed E-state index contributed by atoms with van der Waals surface area (Å²) in [5, 5.41) is 6.73. The Bertz CT molecular complexity index is 2680. The Morgan fingerprint density at radius 3 is 2.34 bits per heavy atom. The van der Waals surface area contributed by atoms with Crippen LogP contribution in [-0.4, -0.2) is 112 Å². The summed E-state index contributed by atoms with van der Waals surface area (Å²) in [6, 6.07) is 12.3. The number of halogens is 4. The third-order valence-electron chi connectivity index (χ3n) is 13.7. The van der Waals surface area contributed by atoms with Crippen LogP contribution in [0.1, 0.15) is 90.4 Å². The number of aryl methyl sites for hydroxylation is 1. The van der Waals surface area contributed by atoms with Gasteiger partial charge in [0.2, 0.25) is 17.7 Å². The van der Waals surface area contributed by atoms with E-state index in [-0.39, 0.29) is 93.9 Å². The molecule has 4 amide bonds. The number of likely N-dealkylation sites (tertiary alicyclic amines) is 1. The van der Waals surface area contributed by atoms with Crippen LogP contribution < -0.4 is 10.2 Å². The van der Waals surface area contributed by atoms with Gasteiger partial charge in [-0.25, -0.2) is 17.6 Å². The molecule has 65 heavy (non-hydrogen) atoms. The lowest BCUT2D eigenvalue weighted by Crippen LogP contribution is -2.47. The van der Waals surface area contributed by atoms with Crippen LogP contribution in [0, 0.1) is 23.3 Å². The number of carbonyl (C=O) groups is 4. The molecular formula is C49H52F4N8O4. The van der Waals surface area contributed by atoms with Crippen molar-refractivity contribution in [3.05, 3.63) is 113 Å². The molecule has 1 atom stereocenters. The highest BCUT2D eigenvalue weighted by Gasteiger charge is 2.33. The number of nitrogens with one attached hydrogen (secondary N) is 2. The number of aromatic amines is 1. The Morgan fingerprint density at radius 1 is 0.846 bits per heavy atom. The second kappa shape index (κ2) is 18.3. The number of nitrogens with zero attached hydrogens (tertiary/aromatic N) is 6. The maximum absolute atomic E-state index is 16.6. The SMILES string of the molecule is CN(C)C(=O)c1cc2c(-c3cc(F)c(N4CCC(N5CCC(c6ccc(C7CCC(=O)NC7=O)cc6F)CC5)CC4)cc3F)cc(C3=CCCN(C(=O)CCn4cccn4)C3)c(F)c2[nH]1. The third-order valence-corrected chi connectivity index (χ3v) is 13.7. The number of hydrogen-bond donors (Lipinski definition) is 2. The molecule has 16 heteroatoms. The van der Waals surface area contributed by atoms with Gasteiger partial charge in [0.1, 0.15) is 23.1 Å². The van der Waals surface area contributed by atoms with Crippen LogP contribution in [0.4, 0.5) is 23.2 Å². The van der Waals surface area contributed by atoms with E-state index in [0.29, 0.717) is 55.7 Å². The maximum atomic E-state index is 16.6. The van der Waals surface area contributed by atoms with Crippen molar-refractivity contribution < 1.29 is 36.7 Å². The van der Waals surface area contributed by atoms with E-state index in [1.807, 2.05) is 11.0 Å². The topological polar surface area (TPSA) is 127 Å². The molecule has 0 saturated carbocycles. The molecule has 3 aromatic carbocycles. The normalized spacial score (nSPS) is 19.2. The summed E-state index contributed by atoms with van der Waals surface area (Å²) in [6.45, 7) is 3.51. The highest BCUT2D eigenvalue weighted by Crippen LogP contribution is 2.41. The highest BCUT2D eigenvalue weighted by atomic mass is 19.1. The average molecular weight is 893 g/mol. The quantitative estimate of drug-likeness (QED) is 0.111. The van der Waals surface area contributed by atoms with Gasteiger partial charge >= 0.3 is 0 Å². The Kier molecular flexibility index (Phi) is 12.4. The van der Waals surface area contributed by atoms with E-state index in [0.717, 1.165) is 44.8 Å². The molecular weight excluding hydrogens is 841 g/mol. The Hall–Kier alpha value is -6.29. The fourth-order valence-electron chi connectivity index (χ4n) is 10.2. The number of piperidine rings is 3. The van der Waals surface area contributed by atoms with Gasteiger partial charge in [0.05, 0.1) is 17.1 Å². The van der Waals surface area contributed by atoms with E-state index in [1.165, 1.54) is 29.2 Å². The number of imide groups is 1. The number of carbonyl (C=O) groups excluding carboxylic acids is 4. The van der Waals surface area contributed by atoms with Crippen molar-refractivity contribution >= 4 is 45.8 Å². The number of H-pyrrole nitrogens is 1. The van der Waals surface area contributed by atoms with Gasteiger partial charge in [-0.2, -0.15) is 5.10 Å². The predicted molar refractivity (Wildman–Crippen MR) is 238 cm³/mol. The molecule has 4 aliphatic heterocycles. The van der Waals surface area contributed by atoms with Gasteiger partial charge in [-0.05, 0) is 110 Å². The van der Waals surface area contributed by atoms with E-state index < -0.39 is 29.3 Å². The Balaban J connectivity index is 0.891. The summed E-state index contributed by atoms with van der Waals surface area (Å²) >= 11 is 0. The van der Waals surface area contributed by atoms with Crippen LogP contribution in [0.3, 0.4) is 0 Å². The molecule has 2 aromatic heterocycles. The molecule has 3 fully saturated rings. The molecule has 5 aromatic rings. The molecule has 340 valence electrons. The number of aromatic nitrogens is 3. The number of amides is 4. The van der Waals surface area contributed by atoms with E-state index in [1.54, 1.807) is 54.3 Å². The lowest BCUT2D eigenvalue weighted by molar-refractivity contribution is -0.134. The summed E-state index contributed by atoms with van der Waals surface area (Å²) < 4.78 is 66.6. The fourth-order valence-corrected chi connectivity index (χ4v) is 10.2. The van der Waals surface area contributed by atoms with Crippen LogP contribution in [0.5, 0.6) is 0 Å². The Morgan fingerprint density at radius 2 is 1.63 bits per heavy atom. The summed E-state index contributed by atoms with van der Waals surface area (Å²) in [5.41, 5.74) is 2.20. The minimum absolute atomic E-state index is 0.0199. The van der Waals surface area contributed by atoms with Crippen LogP contribution in [0.25, 0.3) is 27.6 Å². The van der Waals surface area contributed by atoms with Crippen molar-refractivity contribution in [3.63, 3.8) is 0 Å². The van der Waals surface area contributed by atoms with E-state index in [4.69, 9.17) is 0 Å². The average Bonchev–Trinajstić information content (AvgIpc) is 4.01. The fraction of sp³-hybridized carbons (Fsp3) is 0.408. The smallest absolute Gasteiger partial charge is 0.269 e. The first-order chi connectivity index (χ1) is 31.3. The lowest BCUT2D eigenvalue weighted by Gasteiger charge is -2.42. The molecule has 2 N–H and O–H groups in total. The van der Waals surface area contributed by atoms with Gasteiger partial charge in [0.25, 0.3) is 5.91 Å². The zero-order valence-electron chi connectivity index (χ0n) is 36.5. The van der Waals surface area contributed by atoms with Crippen LogP contribution >= 0.6 is 0 Å². The molecule has 0 aliphatic carbocycles. The second-order valence-electron chi connectivity index (χ2n) is 17.9. The molecule has 0 radical (unpaired) electrons. The van der Waals surface area contributed by atoms with Gasteiger partial charge in [-0.3, -0.25) is 29.2 Å². The standard InChI is InChI=1S/C49H52F4N8O4/c1-57(2)49(65)42-26-38-36(24-35(46(53)47(38)55-42)31-5-3-16-60(28-31)45(63)14-22-61-17-4-15-54-61)37-25-41(52)43(27-40(37)51)59-20-12-32(13-21-59)58-18-10-29(11-19-58)33-7-6-30(23-39(33)50)34-8-9-44(62)56-48(34)64/h4-7,15,17,23-27,29,32,34,55H,3,8-14,16,18-22,28H2,1-2H3,(H,56,62,64). The van der Waals surface area contributed by atoms with Crippen LogP contribution in [0.2, 0.25) is 0 Å². The van der Waals surface area contributed by atoms with Crippen molar-refractivity contribution in [1.29, 1.82) is 0 Å². The molecule has 9 rings (SSSR count). The summed E-state index contributed by atoms with van der Waals surface area (Å²) in [6.07, 6.45) is 9.54. The summed E-state index contributed by atoms with van der Waals surface area (Å²) in [4.78, 5) is 60.5. The van der Waals surface area contributed by atoms with Gasteiger partial charge < -0.3 is 24.6 Å². The highest BCUT2D eigenvalue weighted by molar-refractivity contribution is 6.05. The summed E-state index contributed by atoms with van der Waals surface area (Å²) in [5.74, 6) is -4.05. The minimum atomic E-state index is -0.698. The number of rotatable bonds is 10. The van der Waals surface area contributed by atoms with Crippen molar-refractivity contribution in [2.45, 2.75) is 75.8 Å². The molecule has 12 nitrogen and oxygen atoms in total. The van der Waals surface area contributed by atoms with Gasteiger partial charge in [-0.15, -0.1) is 0 Å². The van der Waals surface area contributed by atoms with Gasteiger partial charge in [0, 0.05) is 101 Å². The third kappa shape index (κ3) is 8.92. The summed E-state index contributed by atoms with van der Waals surface area (Å²) in [7, 11) is 3.13. The molecule has 3 saturated heterocycles. The largest absolute Gasteiger partial charge is 0.369 e. The minimum Gasteiger partial charge on any atom is -0.369 e. The second-order valence-corrected chi connectivity index (χ2v) is 17.9.